The standard InChI is InChI=1S/C21H20N4O2S/c1-26-13-14-6-2-3-7-16(14)25-21(22)23-12-15-10-11-18(27-15)20-24-17-8-4-5-9-19(17)28-20/h2-11H,12-13H2,1H3,(H3,22,23,25). The van der Waals surface area contributed by atoms with Gasteiger partial charge in [-0.3, -0.25) is 0 Å². The molecule has 4 aromatic rings. The molecule has 7 heteroatoms. The van der Waals surface area contributed by atoms with Crippen LogP contribution in [0.3, 0.4) is 0 Å². The number of hydrogen-bond acceptors (Lipinski definition) is 5. The van der Waals surface area contributed by atoms with Crippen molar-refractivity contribution in [2.24, 2.45) is 10.7 Å². The first-order chi connectivity index (χ1) is 13.7. The highest BCUT2D eigenvalue weighted by Gasteiger charge is 2.10. The van der Waals surface area contributed by atoms with Crippen molar-refractivity contribution in [1.29, 1.82) is 0 Å². The molecule has 2 heterocycles. The van der Waals surface area contributed by atoms with Crippen LogP contribution in [0, 0.1) is 0 Å². The van der Waals surface area contributed by atoms with Crippen molar-refractivity contribution in [1.82, 2.24) is 4.98 Å². The van der Waals surface area contributed by atoms with Gasteiger partial charge in [0.25, 0.3) is 0 Å². The monoisotopic (exact) mass is 392 g/mol. The summed E-state index contributed by atoms with van der Waals surface area (Å²) in [5.41, 5.74) is 8.90. The van der Waals surface area contributed by atoms with E-state index in [9.17, 15) is 0 Å². The van der Waals surface area contributed by atoms with E-state index in [0.717, 1.165) is 38.0 Å². The van der Waals surface area contributed by atoms with Crippen molar-refractivity contribution in [2.45, 2.75) is 13.2 Å². The minimum absolute atomic E-state index is 0.321. The van der Waals surface area contributed by atoms with Gasteiger partial charge in [-0.1, -0.05) is 30.3 Å². The molecule has 0 saturated heterocycles. The average Bonchev–Trinajstić information content (AvgIpc) is 3.35. The molecule has 142 valence electrons. The highest BCUT2D eigenvalue weighted by Crippen LogP contribution is 2.31. The van der Waals surface area contributed by atoms with Crippen LogP contribution in [0.2, 0.25) is 0 Å². The number of ether oxygens (including phenoxy) is 1. The lowest BCUT2D eigenvalue weighted by atomic mass is 10.2. The third-order valence-corrected chi connectivity index (χ3v) is 5.20. The maximum Gasteiger partial charge on any atom is 0.193 e. The predicted molar refractivity (Wildman–Crippen MR) is 113 cm³/mol. The maximum absolute atomic E-state index is 6.03. The van der Waals surface area contributed by atoms with Crippen LogP contribution in [0.5, 0.6) is 0 Å². The maximum atomic E-state index is 6.03. The number of benzene rings is 2. The Hall–Kier alpha value is -3.16. The second-order valence-corrected chi connectivity index (χ2v) is 7.20. The Morgan fingerprint density at radius 2 is 1.96 bits per heavy atom. The molecular weight excluding hydrogens is 372 g/mol. The molecule has 0 radical (unpaired) electrons. The Balaban J connectivity index is 1.45. The molecule has 0 aliphatic rings. The predicted octanol–water partition coefficient (Wildman–Crippen LogP) is 4.63. The fraction of sp³-hybridized carbons (Fsp3) is 0.143. The van der Waals surface area contributed by atoms with Crippen LogP contribution in [-0.4, -0.2) is 18.1 Å². The van der Waals surface area contributed by atoms with Crippen LogP contribution in [-0.2, 0) is 17.9 Å². The van der Waals surface area contributed by atoms with Crippen LogP contribution >= 0.6 is 11.3 Å². The summed E-state index contributed by atoms with van der Waals surface area (Å²) in [6.45, 7) is 0.844. The van der Waals surface area contributed by atoms with Crippen molar-refractivity contribution in [3.05, 3.63) is 72.0 Å². The Kier molecular flexibility index (Phi) is 5.36. The minimum atomic E-state index is 0.321. The minimum Gasteiger partial charge on any atom is -0.457 e. The number of hydrogen-bond donors (Lipinski definition) is 2. The van der Waals surface area contributed by atoms with Crippen molar-refractivity contribution >= 4 is 33.2 Å². The van der Waals surface area contributed by atoms with E-state index in [1.807, 2.05) is 54.6 Å². The fourth-order valence-corrected chi connectivity index (χ4v) is 3.75. The number of rotatable bonds is 6. The van der Waals surface area contributed by atoms with Gasteiger partial charge in [-0.2, -0.15) is 0 Å². The second kappa shape index (κ2) is 8.24. The van der Waals surface area contributed by atoms with E-state index in [1.54, 1.807) is 18.4 Å². The molecule has 0 atom stereocenters. The number of anilines is 1. The summed E-state index contributed by atoms with van der Waals surface area (Å²) in [5.74, 6) is 1.79. The quantitative estimate of drug-likeness (QED) is 0.369. The van der Waals surface area contributed by atoms with Crippen molar-refractivity contribution < 1.29 is 9.15 Å². The normalized spacial score (nSPS) is 11.8. The van der Waals surface area contributed by atoms with Crippen LogP contribution in [0.1, 0.15) is 11.3 Å². The molecule has 0 fully saturated rings. The largest absolute Gasteiger partial charge is 0.457 e. The lowest BCUT2D eigenvalue weighted by molar-refractivity contribution is 0.185. The second-order valence-electron chi connectivity index (χ2n) is 6.17. The first kappa shape index (κ1) is 18.2. The first-order valence-electron chi connectivity index (χ1n) is 8.81. The molecular formula is C21H20N4O2S. The van der Waals surface area contributed by atoms with Gasteiger partial charge >= 0.3 is 0 Å². The number of thiazole rings is 1. The Morgan fingerprint density at radius 3 is 2.82 bits per heavy atom. The summed E-state index contributed by atoms with van der Waals surface area (Å²) >= 11 is 1.61. The topological polar surface area (TPSA) is 85.7 Å². The molecule has 0 aliphatic carbocycles. The first-order valence-corrected chi connectivity index (χ1v) is 9.63. The van der Waals surface area contributed by atoms with Crippen LogP contribution in [0.25, 0.3) is 21.0 Å². The zero-order valence-electron chi connectivity index (χ0n) is 15.4. The number of furan rings is 1. The average molecular weight is 392 g/mol. The number of nitrogens with two attached hydrogens (primary N) is 1. The zero-order chi connectivity index (χ0) is 19.3. The van der Waals surface area contributed by atoms with Crippen LogP contribution in [0.15, 0.2) is 70.1 Å². The van der Waals surface area contributed by atoms with Crippen LogP contribution in [0.4, 0.5) is 5.69 Å². The van der Waals surface area contributed by atoms with Gasteiger partial charge in [0.1, 0.15) is 12.3 Å². The molecule has 0 amide bonds. The van der Waals surface area contributed by atoms with Gasteiger partial charge in [0.2, 0.25) is 0 Å². The van der Waals surface area contributed by atoms with Gasteiger partial charge in [0, 0.05) is 18.4 Å². The number of nitrogens with one attached hydrogen (secondary N) is 1. The van der Waals surface area contributed by atoms with Gasteiger partial charge in [-0.15, -0.1) is 11.3 Å². The van der Waals surface area contributed by atoms with Crippen molar-refractivity contribution in [2.75, 3.05) is 12.4 Å². The van der Waals surface area contributed by atoms with E-state index < -0.39 is 0 Å². The number of fused-ring (bicyclic) bond motifs is 1. The van der Waals surface area contributed by atoms with Gasteiger partial charge in [-0.05, 0) is 30.3 Å². The third kappa shape index (κ3) is 4.05. The van der Waals surface area contributed by atoms with E-state index in [2.05, 4.69) is 21.4 Å². The summed E-state index contributed by atoms with van der Waals surface area (Å²) in [7, 11) is 1.66. The number of guanidine groups is 1. The third-order valence-electron chi connectivity index (χ3n) is 4.15. The van der Waals surface area contributed by atoms with Crippen molar-refractivity contribution in [3.8, 4) is 10.8 Å². The SMILES string of the molecule is COCc1ccccc1NC(N)=NCc1ccc(-c2nc3ccccc3s2)o1. The summed E-state index contributed by atoms with van der Waals surface area (Å²) in [6.07, 6.45) is 0. The molecule has 0 spiro atoms. The Morgan fingerprint density at radius 1 is 1.14 bits per heavy atom. The van der Waals surface area contributed by atoms with E-state index in [0.29, 0.717) is 19.1 Å². The Bertz CT molecular complexity index is 1080. The molecule has 28 heavy (non-hydrogen) atoms. The number of aliphatic imine (C=N–C) groups is 1. The summed E-state index contributed by atoms with van der Waals surface area (Å²) in [4.78, 5) is 8.99. The highest BCUT2D eigenvalue weighted by atomic mass is 32.1. The van der Waals surface area contributed by atoms with E-state index in [4.69, 9.17) is 14.9 Å². The lowest BCUT2D eigenvalue weighted by Crippen LogP contribution is -2.23. The van der Waals surface area contributed by atoms with Crippen LogP contribution < -0.4 is 11.1 Å². The summed E-state index contributed by atoms with van der Waals surface area (Å²) in [6, 6.07) is 19.7. The Labute approximate surface area is 166 Å². The van der Waals surface area contributed by atoms with E-state index in [1.165, 1.54) is 0 Å². The number of methoxy groups -OCH3 is 1. The number of nitrogens with zero attached hydrogens (tertiary/aromatic N) is 2. The number of aromatic nitrogens is 1. The van der Waals surface area contributed by atoms with Gasteiger partial charge in [0.05, 0.1) is 16.8 Å². The van der Waals surface area contributed by atoms with Crippen molar-refractivity contribution in [3.63, 3.8) is 0 Å². The molecule has 0 unspecified atom stereocenters. The molecule has 0 aliphatic heterocycles. The zero-order valence-corrected chi connectivity index (χ0v) is 16.2. The van der Waals surface area contributed by atoms with Gasteiger partial charge in [-0.25, -0.2) is 9.98 Å². The molecule has 6 nitrogen and oxygen atoms in total. The molecule has 3 N–H and O–H groups in total. The molecule has 0 saturated carbocycles. The molecule has 2 aromatic carbocycles. The summed E-state index contributed by atoms with van der Waals surface area (Å²) < 4.78 is 12.2. The molecule has 4 rings (SSSR count). The number of para-hydroxylation sites is 2. The van der Waals surface area contributed by atoms with E-state index in [-0.39, 0.29) is 0 Å². The fourth-order valence-electron chi connectivity index (χ4n) is 2.82. The lowest BCUT2D eigenvalue weighted by Gasteiger charge is -2.10. The van der Waals surface area contributed by atoms with Gasteiger partial charge in [0.15, 0.2) is 16.7 Å². The van der Waals surface area contributed by atoms with Gasteiger partial charge < -0.3 is 20.2 Å². The summed E-state index contributed by atoms with van der Waals surface area (Å²) in [5, 5.41) is 3.98. The molecule has 2 aromatic heterocycles. The molecule has 0 bridgehead atoms. The highest BCUT2D eigenvalue weighted by molar-refractivity contribution is 7.21. The smallest absolute Gasteiger partial charge is 0.193 e. The van der Waals surface area contributed by atoms with E-state index >= 15 is 0 Å².